The first kappa shape index (κ1) is 17.9. The number of hydrogen-bond donors (Lipinski definition) is 0. The second kappa shape index (κ2) is 6.24. The Morgan fingerprint density at radius 1 is 1.22 bits per heavy atom. The fourth-order valence-electron chi connectivity index (χ4n) is 2.48. The fraction of sp³-hybridized carbons (Fsp3) is 0.588. The van der Waals surface area contributed by atoms with Gasteiger partial charge >= 0.3 is 0 Å². The summed E-state index contributed by atoms with van der Waals surface area (Å²) in [6.07, 6.45) is 0. The third-order valence-electron chi connectivity index (χ3n) is 3.67. The fourth-order valence-corrected chi connectivity index (χ4v) is 4.20. The van der Waals surface area contributed by atoms with Gasteiger partial charge in [-0.1, -0.05) is 36.7 Å². The molecule has 0 N–H and O–H groups in total. The molecule has 0 bridgehead atoms. The van der Waals surface area contributed by atoms with E-state index in [4.69, 9.17) is 4.84 Å². The molecule has 1 fully saturated rings. The molecular weight excluding hydrogens is 312 g/mol. The van der Waals surface area contributed by atoms with Crippen molar-refractivity contribution in [2.75, 3.05) is 6.54 Å². The molecule has 2 rings (SSSR count). The van der Waals surface area contributed by atoms with Crippen LogP contribution in [0.1, 0.15) is 40.2 Å². The molecule has 23 heavy (non-hydrogen) atoms. The van der Waals surface area contributed by atoms with Gasteiger partial charge < -0.3 is 4.84 Å². The molecule has 1 aromatic rings. The molecular formula is C17H26N2O3S. The number of rotatable bonds is 4. The SMILES string of the molecule is Cc1ccc(S(=O)(=O)N2C/C(=N/OC(C)(C)C)[C@@H]2C(C)C)cc1. The van der Waals surface area contributed by atoms with Crippen molar-refractivity contribution < 1.29 is 13.3 Å². The van der Waals surface area contributed by atoms with E-state index in [1.54, 1.807) is 12.1 Å². The van der Waals surface area contributed by atoms with Crippen molar-refractivity contribution in [2.45, 2.75) is 58.1 Å². The second-order valence-electron chi connectivity index (χ2n) is 7.34. The van der Waals surface area contributed by atoms with Crippen LogP contribution in [0.5, 0.6) is 0 Å². The second-order valence-corrected chi connectivity index (χ2v) is 9.23. The highest BCUT2D eigenvalue weighted by Crippen LogP contribution is 2.30. The molecule has 0 radical (unpaired) electrons. The summed E-state index contributed by atoms with van der Waals surface area (Å²) in [6, 6.07) is 6.69. The molecule has 1 aliphatic rings. The van der Waals surface area contributed by atoms with Crippen LogP contribution in [0.15, 0.2) is 34.3 Å². The van der Waals surface area contributed by atoms with E-state index < -0.39 is 10.0 Å². The van der Waals surface area contributed by atoms with Crippen LogP contribution in [-0.2, 0) is 14.9 Å². The average molecular weight is 338 g/mol. The van der Waals surface area contributed by atoms with Crippen molar-refractivity contribution in [1.29, 1.82) is 0 Å². The molecule has 1 saturated heterocycles. The van der Waals surface area contributed by atoms with Crippen LogP contribution in [0.3, 0.4) is 0 Å². The predicted octanol–water partition coefficient (Wildman–Crippen LogP) is 3.20. The van der Waals surface area contributed by atoms with Gasteiger partial charge in [-0.25, -0.2) is 8.42 Å². The average Bonchev–Trinajstić information content (AvgIpc) is 2.35. The quantitative estimate of drug-likeness (QED) is 0.792. The van der Waals surface area contributed by atoms with Gasteiger partial charge in [0.05, 0.1) is 23.2 Å². The lowest BCUT2D eigenvalue weighted by atomic mass is 9.93. The summed E-state index contributed by atoms with van der Waals surface area (Å²) in [5.74, 6) is 0.131. The minimum atomic E-state index is -3.50. The van der Waals surface area contributed by atoms with Gasteiger partial charge in [0.1, 0.15) is 5.60 Å². The zero-order valence-corrected chi connectivity index (χ0v) is 15.5. The van der Waals surface area contributed by atoms with Crippen LogP contribution in [0.2, 0.25) is 0 Å². The molecule has 1 aliphatic heterocycles. The maximum atomic E-state index is 12.8. The van der Waals surface area contributed by atoms with Crippen LogP contribution < -0.4 is 0 Å². The van der Waals surface area contributed by atoms with Gasteiger partial charge in [0.2, 0.25) is 10.0 Å². The first-order valence-corrected chi connectivity index (χ1v) is 9.30. The molecule has 0 unspecified atom stereocenters. The van der Waals surface area contributed by atoms with E-state index >= 15 is 0 Å². The Kier molecular flexibility index (Phi) is 4.87. The highest BCUT2D eigenvalue weighted by molar-refractivity contribution is 7.89. The van der Waals surface area contributed by atoms with Crippen LogP contribution in [0, 0.1) is 12.8 Å². The predicted molar refractivity (Wildman–Crippen MR) is 92.0 cm³/mol. The maximum Gasteiger partial charge on any atom is 0.244 e. The zero-order chi connectivity index (χ0) is 17.4. The molecule has 128 valence electrons. The lowest BCUT2D eigenvalue weighted by Crippen LogP contribution is -2.61. The van der Waals surface area contributed by atoms with Gasteiger partial charge in [0.15, 0.2) is 0 Å². The minimum Gasteiger partial charge on any atom is -0.390 e. The van der Waals surface area contributed by atoms with Crippen LogP contribution in [-0.4, -0.2) is 36.6 Å². The smallest absolute Gasteiger partial charge is 0.244 e. The number of sulfonamides is 1. The summed E-state index contributed by atoms with van der Waals surface area (Å²) < 4.78 is 27.1. The summed E-state index contributed by atoms with van der Waals surface area (Å²) in [7, 11) is -3.50. The molecule has 0 aliphatic carbocycles. The Balaban J connectivity index is 2.25. The van der Waals surface area contributed by atoms with E-state index in [0.717, 1.165) is 11.3 Å². The monoisotopic (exact) mass is 338 g/mol. The summed E-state index contributed by atoms with van der Waals surface area (Å²) in [5.41, 5.74) is 1.43. The minimum absolute atomic E-state index is 0.131. The molecule has 5 nitrogen and oxygen atoms in total. The largest absolute Gasteiger partial charge is 0.390 e. The molecule has 0 amide bonds. The summed E-state index contributed by atoms with van der Waals surface area (Å²) in [5, 5.41) is 4.19. The van der Waals surface area contributed by atoms with Gasteiger partial charge in [0.25, 0.3) is 0 Å². The first-order chi connectivity index (χ1) is 10.5. The Labute approximate surface area is 139 Å². The Morgan fingerprint density at radius 2 is 1.78 bits per heavy atom. The Bertz CT molecular complexity index is 686. The normalized spacial score (nSPS) is 21.5. The van der Waals surface area contributed by atoms with E-state index in [1.807, 2.05) is 53.7 Å². The van der Waals surface area contributed by atoms with Crippen molar-refractivity contribution in [3.05, 3.63) is 29.8 Å². The number of benzene rings is 1. The lowest BCUT2D eigenvalue weighted by molar-refractivity contribution is -0.00244. The zero-order valence-electron chi connectivity index (χ0n) is 14.7. The van der Waals surface area contributed by atoms with Crippen molar-refractivity contribution in [3.8, 4) is 0 Å². The lowest BCUT2D eigenvalue weighted by Gasteiger charge is -2.43. The third-order valence-corrected chi connectivity index (χ3v) is 5.51. The van der Waals surface area contributed by atoms with E-state index in [9.17, 15) is 8.42 Å². The molecule has 1 heterocycles. The molecule has 0 spiro atoms. The number of hydrogen-bond acceptors (Lipinski definition) is 4. The molecule has 1 atom stereocenters. The van der Waals surface area contributed by atoms with Gasteiger partial charge in [-0.3, -0.25) is 0 Å². The van der Waals surface area contributed by atoms with E-state index in [1.165, 1.54) is 4.31 Å². The van der Waals surface area contributed by atoms with E-state index in [-0.39, 0.29) is 24.1 Å². The van der Waals surface area contributed by atoms with Crippen LogP contribution in [0.25, 0.3) is 0 Å². The standard InChI is InChI=1S/C17H26N2O3S/c1-12(2)16-15(18-22-17(4,5)6)11-19(16)23(20,21)14-9-7-13(3)8-10-14/h7-10,12,16H,11H2,1-6H3/b18-15-/t16-/m0/s1. The van der Waals surface area contributed by atoms with Gasteiger partial charge in [-0.05, 0) is 45.7 Å². The Morgan fingerprint density at radius 3 is 2.26 bits per heavy atom. The molecule has 1 aromatic carbocycles. The van der Waals surface area contributed by atoms with E-state index in [2.05, 4.69) is 5.16 Å². The van der Waals surface area contributed by atoms with Crippen molar-refractivity contribution >= 4 is 15.7 Å². The Hall–Kier alpha value is -1.40. The van der Waals surface area contributed by atoms with Gasteiger partial charge in [0, 0.05) is 0 Å². The van der Waals surface area contributed by atoms with E-state index in [0.29, 0.717) is 4.90 Å². The van der Waals surface area contributed by atoms with Gasteiger partial charge in [-0.15, -0.1) is 0 Å². The summed E-state index contributed by atoms with van der Waals surface area (Å²) in [4.78, 5) is 5.79. The van der Waals surface area contributed by atoms with Gasteiger partial charge in [-0.2, -0.15) is 4.31 Å². The topological polar surface area (TPSA) is 59.0 Å². The van der Waals surface area contributed by atoms with Crippen molar-refractivity contribution in [2.24, 2.45) is 11.1 Å². The number of oxime groups is 1. The molecule has 6 heteroatoms. The van der Waals surface area contributed by atoms with Crippen LogP contribution in [0.4, 0.5) is 0 Å². The highest BCUT2D eigenvalue weighted by Gasteiger charge is 2.46. The number of aryl methyl sites for hydroxylation is 1. The van der Waals surface area contributed by atoms with Crippen molar-refractivity contribution in [1.82, 2.24) is 4.31 Å². The first-order valence-electron chi connectivity index (χ1n) is 7.86. The maximum absolute atomic E-state index is 12.8. The van der Waals surface area contributed by atoms with Crippen molar-refractivity contribution in [3.63, 3.8) is 0 Å². The molecule has 0 aromatic heterocycles. The highest BCUT2D eigenvalue weighted by atomic mass is 32.2. The molecule has 0 saturated carbocycles. The summed E-state index contributed by atoms with van der Waals surface area (Å²) in [6.45, 7) is 12.0. The van der Waals surface area contributed by atoms with Crippen LogP contribution >= 0.6 is 0 Å². The summed E-state index contributed by atoms with van der Waals surface area (Å²) >= 11 is 0. The third kappa shape index (κ3) is 3.93. The number of nitrogens with zero attached hydrogens (tertiary/aromatic N) is 2.